The van der Waals surface area contributed by atoms with E-state index >= 15 is 0 Å². The summed E-state index contributed by atoms with van der Waals surface area (Å²) in [7, 11) is 0. The third-order valence-corrected chi connectivity index (χ3v) is 5.32. The fourth-order valence-electron chi connectivity index (χ4n) is 3.36. The molecule has 168 valence electrons. The number of hydrogen-bond acceptors (Lipinski definition) is 7. The first-order valence-corrected chi connectivity index (χ1v) is 10.4. The van der Waals surface area contributed by atoms with Gasteiger partial charge >= 0.3 is 0 Å². The van der Waals surface area contributed by atoms with Crippen LogP contribution in [0.2, 0.25) is 0 Å². The lowest BCUT2D eigenvalue weighted by molar-refractivity contribution is 0.0997. The van der Waals surface area contributed by atoms with E-state index in [1.807, 2.05) is 18.4 Å². The Labute approximate surface area is 193 Å². The van der Waals surface area contributed by atoms with Crippen molar-refractivity contribution in [3.63, 3.8) is 0 Å². The van der Waals surface area contributed by atoms with Crippen molar-refractivity contribution in [1.82, 2.24) is 19.7 Å². The zero-order chi connectivity index (χ0) is 23.7. The third kappa shape index (κ3) is 4.14. The van der Waals surface area contributed by atoms with Crippen molar-refractivity contribution < 1.29 is 13.9 Å². The molecule has 2 aromatic carbocycles. The maximum absolute atomic E-state index is 12.6. The molecule has 5 aromatic rings. The van der Waals surface area contributed by atoms with Crippen LogP contribution in [-0.4, -0.2) is 25.7 Å². The summed E-state index contributed by atoms with van der Waals surface area (Å²) in [4.78, 5) is 29.0. The predicted octanol–water partition coefficient (Wildman–Crippen LogP) is 4.43. The molecule has 3 heterocycles. The number of amides is 1. The van der Waals surface area contributed by atoms with Gasteiger partial charge in [-0.2, -0.15) is 0 Å². The Morgan fingerprint density at radius 1 is 1.00 bits per heavy atom. The van der Waals surface area contributed by atoms with Gasteiger partial charge in [0.1, 0.15) is 17.7 Å². The van der Waals surface area contributed by atoms with Crippen molar-refractivity contribution in [3.05, 3.63) is 100 Å². The highest BCUT2D eigenvalue weighted by atomic mass is 16.5. The van der Waals surface area contributed by atoms with Gasteiger partial charge in [0, 0.05) is 23.5 Å². The van der Waals surface area contributed by atoms with Crippen molar-refractivity contribution in [2.45, 2.75) is 13.8 Å². The van der Waals surface area contributed by atoms with Crippen LogP contribution >= 0.6 is 0 Å². The molecule has 0 aliphatic heterocycles. The Kier molecular flexibility index (Phi) is 5.35. The van der Waals surface area contributed by atoms with Gasteiger partial charge in [-0.25, -0.2) is 4.98 Å². The number of benzene rings is 2. The van der Waals surface area contributed by atoms with Crippen LogP contribution < -0.4 is 15.5 Å². The molecule has 1 N–H and O–H groups in total. The van der Waals surface area contributed by atoms with E-state index in [0.717, 1.165) is 11.4 Å². The molecule has 0 fully saturated rings. The molecule has 9 heteroatoms. The van der Waals surface area contributed by atoms with Gasteiger partial charge in [-0.15, -0.1) is 10.2 Å². The molecule has 34 heavy (non-hydrogen) atoms. The smallest absolute Gasteiger partial charge is 0.291 e. The van der Waals surface area contributed by atoms with Crippen molar-refractivity contribution in [3.8, 4) is 17.4 Å². The summed E-state index contributed by atoms with van der Waals surface area (Å²) in [5, 5.41) is 11.4. The normalized spacial score (nSPS) is 10.9. The SMILES string of the molecule is Cc1ncn(-c2ccc(Oc3ccc(NC(=O)c4cc(=O)c5ccccc5o4)cc3)nn2)c1C. The molecule has 0 unspecified atom stereocenters. The van der Waals surface area contributed by atoms with E-state index in [4.69, 9.17) is 9.15 Å². The van der Waals surface area contributed by atoms with Crippen molar-refractivity contribution in [2.24, 2.45) is 0 Å². The molecular formula is C25H19N5O4. The number of rotatable bonds is 5. The number of imidazole rings is 1. The summed E-state index contributed by atoms with van der Waals surface area (Å²) in [6, 6.07) is 18.2. The average Bonchev–Trinajstić information content (AvgIpc) is 3.19. The number of carbonyl (C=O) groups is 1. The second-order valence-electron chi connectivity index (χ2n) is 7.57. The predicted molar refractivity (Wildman–Crippen MR) is 126 cm³/mol. The molecule has 0 atom stereocenters. The van der Waals surface area contributed by atoms with E-state index in [9.17, 15) is 9.59 Å². The Balaban J connectivity index is 1.26. The molecule has 0 aliphatic carbocycles. The van der Waals surface area contributed by atoms with E-state index in [2.05, 4.69) is 20.5 Å². The summed E-state index contributed by atoms with van der Waals surface area (Å²) in [6.07, 6.45) is 1.70. The Morgan fingerprint density at radius 2 is 1.79 bits per heavy atom. The second-order valence-corrected chi connectivity index (χ2v) is 7.57. The van der Waals surface area contributed by atoms with Crippen LogP contribution in [0.25, 0.3) is 16.8 Å². The number of nitrogens with one attached hydrogen (secondary N) is 1. The second kappa shape index (κ2) is 8.62. The maximum Gasteiger partial charge on any atom is 0.291 e. The highest BCUT2D eigenvalue weighted by molar-refractivity contribution is 6.03. The fourth-order valence-corrected chi connectivity index (χ4v) is 3.36. The lowest BCUT2D eigenvalue weighted by atomic mass is 10.2. The number of aryl methyl sites for hydroxylation is 1. The standard InChI is InChI=1S/C25H19N5O4/c1-15-16(2)30(14-26-15)23-11-12-24(29-28-23)33-18-9-7-17(8-10-18)27-25(32)22-13-20(31)19-5-3-4-6-21(19)34-22/h3-14H,1-2H3,(H,27,32). The number of ether oxygens (including phenoxy) is 1. The van der Waals surface area contributed by atoms with Crippen LogP contribution in [0.4, 0.5) is 5.69 Å². The van der Waals surface area contributed by atoms with Crippen LogP contribution in [0.15, 0.2) is 82.3 Å². The summed E-state index contributed by atoms with van der Waals surface area (Å²) >= 11 is 0. The van der Waals surface area contributed by atoms with Gasteiger partial charge < -0.3 is 14.5 Å². The average molecular weight is 453 g/mol. The molecule has 0 saturated heterocycles. The van der Waals surface area contributed by atoms with Gasteiger partial charge in [0.15, 0.2) is 17.0 Å². The van der Waals surface area contributed by atoms with Crippen molar-refractivity contribution in [1.29, 1.82) is 0 Å². The van der Waals surface area contributed by atoms with Crippen molar-refractivity contribution >= 4 is 22.6 Å². The molecule has 0 bridgehead atoms. The lowest BCUT2D eigenvalue weighted by Gasteiger charge is -2.08. The van der Waals surface area contributed by atoms with Crippen LogP contribution in [-0.2, 0) is 0 Å². The van der Waals surface area contributed by atoms with Crippen LogP contribution in [0.1, 0.15) is 21.9 Å². The number of hydrogen-bond donors (Lipinski definition) is 1. The molecule has 0 radical (unpaired) electrons. The molecule has 3 aromatic heterocycles. The van der Waals surface area contributed by atoms with Gasteiger partial charge in [-0.1, -0.05) is 12.1 Å². The summed E-state index contributed by atoms with van der Waals surface area (Å²) < 4.78 is 13.2. The Hall–Kier alpha value is -4.79. The molecule has 0 spiro atoms. The highest BCUT2D eigenvalue weighted by Crippen LogP contribution is 2.22. The van der Waals surface area contributed by atoms with Crippen LogP contribution in [0.3, 0.4) is 0 Å². The van der Waals surface area contributed by atoms with Gasteiger partial charge in [0.25, 0.3) is 5.91 Å². The molecule has 5 rings (SSSR count). The molecule has 1 amide bonds. The largest absolute Gasteiger partial charge is 0.451 e. The zero-order valence-corrected chi connectivity index (χ0v) is 18.4. The monoisotopic (exact) mass is 453 g/mol. The van der Waals surface area contributed by atoms with E-state index in [1.165, 1.54) is 6.07 Å². The minimum atomic E-state index is -0.525. The van der Waals surface area contributed by atoms with Gasteiger partial charge in [0.2, 0.25) is 5.88 Å². The molecular weight excluding hydrogens is 434 g/mol. The Morgan fingerprint density at radius 3 is 2.50 bits per heavy atom. The number of anilines is 1. The van der Waals surface area contributed by atoms with E-state index in [-0.39, 0.29) is 11.2 Å². The van der Waals surface area contributed by atoms with Crippen molar-refractivity contribution in [2.75, 3.05) is 5.32 Å². The quantitative estimate of drug-likeness (QED) is 0.419. The number of fused-ring (bicyclic) bond motifs is 1. The van der Waals surface area contributed by atoms with E-state index in [1.54, 1.807) is 67.0 Å². The van der Waals surface area contributed by atoms with Crippen LogP contribution in [0, 0.1) is 13.8 Å². The number of aromatic nitrogens is 4. The fraction of sp³-hybridized carbons (Fsp3) is 0.0800. The Bertz CT molecular complexity index is 1550. The number of nitrogens with zero attached hydrogens (tertiary/aromatic N) is 4. The first-order valence-electron chi connectivity index (χ1n) is 10.4. The first-order chi connectivity index (χ1) is 16.5. The van der Waals surface area contributed by atoms with Gasteiger partial charge in [-0.3, -0.25) is 14.2 Å². The van der Waals surface area contributed by atoms with E-state index < -0.39 is 5.91 Å². The topological polar surface area (TPSA) is 112 Å². The minimum Gasteiger partial charge on any atom is -0.451 e. The maximum atomic E-state index is 12.6. The highest BCUT2D eigenvalue weighted by Gasteiger charge is 2.13. The first kappa shape index (κ1) is 21.1. The van der Waals surface area contributed by atoms with E-state index in [0.29, 0.717) is 34.1 Å². The third-order valence-electron chi connectivity index (χ3n) is 5.32. The van der Waals surface area contributed by atoms with Gasteiger partial charge in [-0.05, 0) is 56.3 Å². The summed E-state index contributed by atoms with van der Waals surface area (Å²) in [6.45, 7) is 3.89. The summed E-state index contributed by atoms with van der Waals surface area (Å²) in [5.74, 6) is 0.898. The summed E-state index contributed by atoms with van der Waals surface area (Å²) in [5.41, 5.74) is 2.51. The zero-order valence-electron chi connectivity index (χ0n) is 18.4. The molecule has 9 nitrogen and oxygen atoms in total. The molecule has 0 aliphatic rings. The number of para-hydroxylation sites is 1. The lowest BCUT2D eigenvalue weighted by Crippen LogP contribution is -2.14. The minimum absolute atomic E-state index is 0.0669. The van der Waals surface area contributed by atoms with Gasteiger partial charge in [0.05, 0.1) is 11.1 Å². The number of carbonyl (C=O) groups excluding carboxylic acids is 1. The molecule has 0 saturated carbocycles. The van der Waals surface area contributed by atoms with Crippen LogP contribution in [0.5, 0.6) is 11.6 Å².